The van der Waals surface area contributed by atoms with Crippen LogP contribution in [0.3, 0.4) is 0 Å². The van der Waals surface area contributed by atoms with E-state index in [1.54, 1.807) is 24.3 Å². The monoisotopic (exact) mass is 313 g/mol. The maximum Gasteiger partial charge on any atom is 0.355 e. The van der Waals surface area contributed by atoms with Gasteiger partial charge in [0.1, 0.15) is 16.4 Å². The van der Waals surface area contributed by atoms with Crippen LogP contribution < -0.4 is 15.2 Å². The predicted octanol–water partition coefficient (Wildman–Crippen LogP) is 4.10. The molecule has 0 aliphatic carbocycles. The highest BCUT2D eigenvalue weighted by molar-refractivity contribution is 7.21. The fourth-order valence-electron chi connectivity index (χ4n) is 2.14. The lowest BCUT2D eigenvalue weighted by atomic mass is 10.2. The van der Waals surface area contributed by atoms with Crippen molar-refractivity contribution in [1.82, 2.24) is 0 Å². The molecule has 2 aromatic carbocycles. The molecule has 0 unspecified atom stereocenters. The number of rotatable bonds is 4. The second kappa shape index (κ2) is 6.07. The van der Waals surface area contributed by atoms with Gasteiger partial charge in [-0.05, 0) is 37.3 Å². The fraction of sp³-hybridized carbons (Fsp3) is 0.118. The molecule has 0 radical (unpaired) electrons. The minimum absolute atomic E-state index is 0.426. The van der Waals surface area contributed by atoms with Gasteiger partial charge in [-0.25, -0.2) is 4.79 Å². The minimum atomic E-state index is -0.442. The Morgan fingerprint density at radius 3 is 2.45 bits per heavy atom. The van der Waals surface area contributed by atoms with E-state index in [0.717, 1.165) is 15.8 Å². The van der Waals surface area contributed by atoms with Crippen molar-refractivity contribution in [3.05, 3.63) is 53.4 Å². The maximum absolute atomic E-state index is 12.3. The summed E-state index contributed by atoms with van der Waals surface area (Å²) in [6.45, 7) is 2.51. The molecular weight excluding hydrogens is 298 g/mol. The van der Waals surface area contributed by atoms with Crippen molar-refractivity contribution in [2.24, 2.45) is 0 Å². The Labute approximate surface area is 132 Å². The molecule has 3 rings (SSSR count). The van der Waals surface area contributed by atoms with Gasteiger partial charge in [-0.2, -0.15) is 0 Å². The molecule has 22 heavy (non-hydrogen) atoms. The molecule has 5 heteroatoms. The molecule has 0 atom stereocenters. The van der Waals surface area contributed by atoms with E-state index in [0.29, 0.717) is 22.9 Å². The van der Waals surface area contributed by atoms with Crippen molar-refractivity contribution in [3.63, 3.8) is 0 Å². The highest BCUT2D eigenvalue weighted by atomic mass is 32.1. The van der Waals surface area contributed by atoms with Crippen LogP contribution in [0.25, 0.3) is 10.1 Å². The molecule has 0 saturated heterocycles. The number of nitrogen functional groups attached to an aromatic ring is 1. The first-order valence-corrected chi connectivity index (χ1v) is 7.72. The van der Waals surface area contributed by atoms with Crippen LogP contribution in [0.5, 0.6) is 11.5 Å². The third-order valence-corrected chi connectivity index (χ3v) is 4.33. The van der Waals surface area contributed by atoms with Crippen LogP contribution in [0.15, 0.2) is 48.5 Å². The number of esters is 1. The van der Waals surface area contributed by atoms with E-state index >= 15 is 0 Å². The standard InChI is InChI=1S/C17H15NO3S/c1-2-20-11-7-9-12(10-8-11)21-17(19)16-15(18)13-5-3-4-6-14(13)22-16/h3-10H,2,18H2,1H3. The van der Waals surface area contributed by atoms with Crippen molar-refractivity contribution < 1.29 is 14.3 Å². The first-order valence-electron chi connectivity index (χ1n) is 6.91. The van der Waals surface area contributed by atoms with E-state index in [1.807, 2.05) is 31.2 Å². The SMILES string of the molecule is CCOc1ccc(OC(=O)c2sc3ccccc3c2N)cc1. The zero-order chi connectivity index (χ0) is 15.5. The molecule has 2 N–H and O–H groups in total. The number of nitrogens with two attached hydrogens (primary N) is 1. The van der Waals surface area contributed by atoms with Crippen molar-refractivity contribution in [2.75, 3.05) is 12.3 Å². The molecule has 0 amide bonds. The fourth-order valence-corrected chi connectivity index (χ4v) is 3.14. The first-order chi connectivity index (χ1) is 10.7. The number of hydrogen-bond acceptors (Lipinski definition) is 5. The summed E-state index contributed by atoms with van der Waals surface area (Å²) in [6.07, 6.45) is 0. The number of benzene rings is 2. The number of ether oxygens (including phenoxy) is 2. The van der Waals surface area contributed by atoms with Crippen LogP contribution in [0.2, 0.25) is 0 Å². The molecule has 112 valence electrons. The largest absolute Gasteiger partial charge is 0.494 e. The van der Waals surface area contributed by atoms with Gasteiger partial charge in [0, 0.05) is 10.1 Å². The van der Waals surface area contributed by atoms with Gasteiger partial charge < -0.3 is 15.2 Å². The van der Waals surface area contributed by atoms with E-state index in [4.69, 9.17) is 15.2 Å². The average molecular weight is 313 g/mol. The van der Waals surface area contributed by atoms with Crippen molar-refractivity contribution in [1.29, 1.82) is 0 Å². The zero-order valence-electron chi connectivity index (χ0n) is 12.0. The van der Waals surface area contributed by atoms with Crippen LogP contribution in [0, 0.1) is 0 Å². The Morgan fingerprint density at radius 1 is 1.09 bits per heavy atom. The van der Waals surface area contributed by atoms with E-state index in [2.05, 4.69) is 0 Å². The van der Waals surface area contributed by atoms with Gasteiger partial charge in [0.05, 0.1) is 12.3 Å². The minimum Gasteiger partial charge on any atom is -0.494 e. The summed E-state index contributed by atoms with van der Waals surface area (Å²) in [7, 11) is 0. The third-order valence-electron chi connectivity index (χ3n) is 3.16. The Bertz CT molecular complexity index is 808. The summed E-state index contributed by atoms with van der Waals surface area (Å²) in [4.78, 5) is 12.7. The van der Waals surface area contributed by atoms with Crippen LogP contribution in [0.1, 0.15) is 16.6 Å². The Hall–Kier alpha value is -2.53. The van der Waals surface area contributed by atoms with E-state index in [-0.39, 0.29) is 0 Å². The third kappa shape index (κ3) is 2.76. The second-order valence-electron chi connectivity index (χ2n) is 4.63. The summed E-state index contributed by atoms with van der Waals surface area (Å²) in [5, 5.41) is 0.881. The summed E-state index contributed by atoms with van der Waals surface area (Å²) in [5.74, 6) is 0.761. The average Bonchev–Trinajstić information content (AvgIpc) is 2.87. The number of carbonyl (C=O) groups excluding carboxylic acids is 1. The lowest BCUT2D eigenvalue weighted by molar-refractivity contribution is 0.0740. The summed E-state index contributed by atoms with van der Waals surface area (Å²) >= 11 is 1.34. The number of hydrogen-bond donors (Lipinski definition) is 1. The highest BCUT2D eigenvalue weighted by Crippen LogP contribution is 2.34. The van der Waals surface area contributed by atoms with Crippen LogP contribution >= 0.6 is 11.3 Å². The van der Waals surface area contributed by atoms with Gasteiger partial charge >= 0.3 is 5.97 Å². The molecule has 3 aromatic rings. The Morgan fingerprint density at radius 2 is 1.77 bits per heavy atom. The van der Waals surface area contributed by atoms with Crippen LogP contribution in [-0.4, -0.2) is 12.6 Å². The summed E-state index contributed by atoms with van der Waals surface area (Å²) in [6, 6.07) is 14.6. The molecule has 0 fully saturated rings. The Kier molecular flexibility index (Phi) is 3.98. The lowest BCUT2D eigenvalue weighted by Gasteiger charge is -2.05. The van der Waals surface area contributed by atoms with Crippen molar-refractivity contribution >= 4 is 33.1 Å². The van der Waals surface area contributed by atoms with Gasteiger partial charge in [-0.1, -0.05) is 18.2 Å². The predicted molar refractivity (Wildman–Crippen MR) is 88.8 cm³/mol. The second-order valence-corrected chi connectivity index (χ2v) is 5.69. The van der Waals surface area contributed by atoms with Crippen molar-refractivity contribution in [2.45, 2.75) is 6.92 Å². The van der Waals surface area contributed by atoms with E-state index in [1.165, 1.54) is 11.3 Å². The zero-order valence-corrected chi connectivity index (χ0v) is 12.9. The summed E-state index contributed by atoms with van der Waals surface area (Å²) in [5.41, 5.74) is 6.52. The highest BCUT2D eigenvalue weighted by Gasteiger charge is 2.18. The van der Waals surface area contributed by atoms with Gasteiger partial charge in [0.25, 0.3) is 0 Å². The summed E-state index contributed by atoms with van der Waals surface area (Å²) < 4.78 is 11.7. The normalized spacial score (nSPS) is 10.6. The lowest BCUT2D eigenvalue weighted by Crippen LogP contribution is -2.08. The number of thiophene rings is 1. The quantitative estimate of drug-likeness (QED) is 0.582. The van der Waals surface area contributed by atoms with Gasteiger partial charge in [-0.15, -0.1) is 11.3 Å². The van der Waals surface area contributed by atoms with E-state index in [9.17, 15) is 4.79 Å². The molecular formula is C17H15NO3S. The Balaban J connectivity index is 1.82. The molecule has 0 aliphatic heterocycles. The molecule has 4 nitrogen and oxygen atoms in total. The topological polar surface area (TPSA) is 61.5 Å². The maximum atomic E-state index is 12.3. The molecule has 0 saturated carbocycles. The molecule has 0 bridgehead atoms. The molecule has 1 aromatic heterocycles. The smallest absolute Gasteiger partial charge is 0.355 e. The molecule has 0 aliphatic rings. The first kappa shape index (κ1) is 14.4. The van der Waals surface area contributed by atoms with Gasteiger partial charge in [0.2, 0.25) is 0 Å². The van der Waals surface area contributed by atoms with Crippen LogP contribution in [-0.2, 0) is 0 Å². The van der Waals surface area contributed by atoms with Crippen LogP contribution in [0.4, 0.5) is 5.69 Å². The number of fused-ring (bicyclic) bond motifs is 1. The van der Waals surface area contributed by atoms with Gasteiger partial charge in [0.15, 0.2) is 0 Å². The van der Waals surface area contributed by atoms with Gasteiger partial charge in [-0.3, -0.25) is 0 Å². The van der Waals surface area contributed by atoms with Crippen molar-refractivity contribution in [3.8, 4) is 11.5 Å². The number of anilines is 1. The number of carbonyl (C=O) groups is 1. The molecule has 0 spiro atoms. The molecule has 1 heterocycles. The van der Waals surface area contributed by atoms with E-state index < -0.39 is 5.97 Å².